The summed E-state index contributed by atoms with van der Waals surface area (Å²) in [5, 5.41) is 19.2. The first-order valence-electron chi connectivity index (χ1n) is 10.3. The Balaban J connectivity index is 1.17. The van der Waals surface area contributed by atoms with Gasteiger partial charge < -0.3 is 10.0 Å². The van der Waals surface area contributed by atoms with Crippen LogP contribution in [0.1, 0.15) is 45.3 Å². The molecular weight excluding hydrogens is 382 g/mol. The predicted octanol–water partition coefficient (Wildman–Crippen LogP) is 1.57. The van der Waals surface area contributed by atoms with E-state index in [2.05, 4.69) is 15.1 Å². The van der Waals surface area contributed by atoms with Crippen LogP contribution in [0.3, 0.4) is 0 Å². The molecule has 8 nitrogen and oxygen atoms in total. The number of amides is 2. The van der Waals surface area contributed by atoms with Crippen molar-refractivity contribution in [1.29, 1.82) is 0 Å². The molecule has 30 heavy (non-hydrogen) atoms. The van der Waals surface area contributed by atoms with Gasteiger partial charge in [0.25, 0.3) is 11.8 Å². The van der Waals surface area contributed by atoms with Crippen LogP contribution < -0.4 is 0 Å². The Hall–Kier alpha value is -3.10. The fraction of sp³-hybridized carbons (Fsp3) is 0.364. The molecule has 2 aromatic heterocycles. The molecule has 2 aliphatic heterocycles. The van der Waals surface area contributed by atoms with Crippen LogP contribution in [0.15, 0.2) is 48.7 Å². The summed E-state index contributed by atoms with van der Waals surface area (Å²) in [6.07, 6.45) is 3.06. The lowest BCUT2D eigenvalue weighted by Crippen LogP contribution is -2.44. The Kier molecular flexibility index (Phi) is 4.80. The Morgan fingerprint density at radius 3 is 2.30 bits per heavy atom. The van der Waals surface area contributed by atoms with Crippen LogP contribution in [0.25, 0.3) is 5.65 Å². The van der Waals surface area contributed by atoms with Crippen molar-refractivity contribution in [2.24, 2.45) is 0 Å². The van der Waals surface area contributed by atoms with Crippen molar-refractivity contribution in [1.82, 2.24) is 24.4 Å². The number of hydrogen-bond donors (Lipinski definition) is 1. The van der Waals surface area contributed by atoms with Gasteiger partial charge in [-0.2, -0.15) is 0 Å². The van der Waals surface area contributed by atoms with Crippen molar-refractivity contribution in [2.45, 2.75) is 24.9 Å². The number of carbonyl (C=O) groups excluding carboxylic acids is 2. The minimum atomic E-state index is -0.780. The number of nitrogens with zero attached hydrogens (tertiary/aromatic N) is 5. The molecule has 8 heteroatoms. The molecule has 154 valence electrons. The average molecular weight is 405 g/mol. The third kappa shape index (κ3) is 3.28. The van der Waals surface area contributed by atoms with Crippen molar-refractivity contribution < 1.29 is 14.7 Å². The maximum Gasteiger partial charge on any atom is 0.261 e. The maximum atomic E-state index is 12.5. The lowest BCUT2D eigenvalue weighted by molar-refractivity contribution is 0.0448. The van der Waals surface area contributed by atoms with Crippen molar-refractivity contribution in [3.8, 4) is 0 Å². The van der Waals surface area contributed by atoms with Gasteiger partial charge in [-0.1, -0.05) is 18.2 Å². The Bertz CT molecular complexity index is 1070. The maximum absolute atomic E-state index is 12.5. The van der Waals surface area contributed by atoms with Crippen molar-refractivity contribution in [3.05, 3.63) is 65.6 Å². The number of pyridine rings is 1. The first-order chi connectivity index (χ1) is 14.6. The average Bonchev–Trinajstić information content (AvgIpc) is 3.30. The number of aliphatic hydroxyl groups excluding tert-OH is 1. The molecule has 1 atom stereocenters. The van der Waals surface area contributed by atoms with Crippen LogP contribution in [0.2, 0.25) is 0 Å². The fourth-order valence-corrected chi connectivity index (χ4v) is 4.48. The van der Waals surface area contributed by atoms with E-state index >= 15 is 0 Å². The standard InChI is InChI=1S/C22H23N5O3/c28-16(14-27-21(29)17-5-1-2-6-18(17)22(27)30)13-25-11-8-15(9-12-25)20-24-23-19-7-3-4-10-26(19)20/h1-7,10,15-16,28H,8-9,11-14H2. The second kappa shape index (κ2) is 7.62. The van der Waals surface area contributed by atoms with E-state index in [1.807, 2.05) is 28.8 Å². The SMILES string of the molecule is O=C1c2ccccc2C(=O)N1CC(O)CN1CCC(c2nnc3ccccn23)CC1. The van der Waals surface area contributed by atoms with Gasteiger partial charge in [-0.25, -0.2) is 0 Å². The van der Waals surface area contributed by atoms with E-state index < -0.39 is 6.10 Å². The number of imide groups is 1. The van der Waals surface area contributed by atoms with Crippen LogP contribution in [0.4, 0.5) is 0 Å². The summed E-state index contributed by atoms with van der Waals surface area (Å²) in [4.78, 5) is 28.3. The summed E-state index contributed by atoms with van der Waals surface area (Å²) in [6, 6.07) is 12.7. The van der Waals surface area contributed by atoms with Gasteiger partial charge in [-0.05, 0) is 50.2 Å². The number of benzene rings is 1. The Morgan fingerprint density at radius 1 is 0.933 bits per heavy atom. The number of aliphatic hydroxyl groups is 1. The molecule has 1 aromatic carbocycles. The first kappa shape index (κ1) is 18.9. The normalized spacial score (nSPS) is 18.9. The third-order valence-electron chi connectivity index (χ3n) is 6.03. The van der Waals surface area contributed by atoms with Crippen LogP contribution >= 0.6 is 0 Å². The predicted molar refractivity (Wildman–Crippen MR) is 109 cm³/mol. The summed E-state index contributed by atoms with van der Waals surface area (Å²) in [5.74, 6) is 0.655. The summed E-state index contributed by atoms with van der Waals surface area (Å²) >= 11 is 0. The Morgan fingerprint density at radius 2 is 1.60 bits per heavy atom. The number of likely N-dealkylation sites (tertiary alicyclic amines) is 1. The zero-order valence-electron chi connectivity index (χ0n) is 16.5. The molecular formula is C22H23N5O3. The number of piperidine rings is 1. The number of hydrogen-bond acceptors (Lipinski definition) is 6. The minimum Gasteiger partial charge on any atom is -0.390 e. The van der Waals surface area contributed by atoms with Crippen LogP contribution in [-0.4, -0.2) is 73.6 Å². The lowest BCUT2D eigenvalue weighted by atomic mass is 9.95. The van der Waals surface area contributed by atoms with Gasteiger partial charge in [0.1, 0.15) is 5.82 Å². The van der Waals surface area contributed by atoms with Crippen LogP contribution in [0.5, 0.6) is 0 Å². The molecule has 1 N–H and O–H groups in total. The summed E-state index contributed by atoms with van der Waals surface area (Å²) < 4.78 is 2.04. The van der Waals surface area contributed by atoms with Gasteiger partial charge in [0.15, 0.2) is 5.65 Å². The largest absolute Gasteiger partial charge is 0.390 e. The number of β-amino-alcohol motifs (C(OH)–C–C–N with tert-alkyl or cyclic N) is 1. The highest BCUT2D eigenvalue weighted by molar-refractivity contribution is 6.21. The highest BCUT2D eigenvalue weighted by atomic mass is 16.3. The van der Waals surface area contributed by atoms with Crippen molar-refractivity contribution in [3.63, 3.8) is 0 Å². The lowest BCUT2D eigenvalue weighted by Gasteiger charge is -2.33. The number of fused-ring (bicyclic) bond motifs is 2. The van der Waals surface area contributed by atoms with E-state index in [4.69, 9.17) is 0 Å². The molecule has 5 rings (SSSR count). The molecule has 1 fully saturated rings. The van der Waals surface area contributed by atoms with E-state index in [-0.39, 0.29) is 18.4 Å². The first-order valence-corrected chi connectivity index (χ1v) is 10.3. The molecule has 4 heterocycles. The van der Waals surface area contributed by atoms with Gasteiger partial charge in [0.2, 0.25) is 0 Å². The summed E-state index contributed by atoms with van der Waals surface area (Å²) in [5.41, 5.74) is 1.68. The van der Waals surface area contributed by atoms with E-state index in [0.717, 1.165) is 42.3 Å². The molecule has 0 saturated carbocycles. The van der Waals surface area contributed by atoms with Gasteiger partial charge in [-0.3, -0.25) is 18.9 Å². The van der Waals surface area contributed by atoms with Gasteiger partial charge in [0, 0.05) is 18.7 Å². The second-order valence-electron chi connectivity index (χ2n) is 7.98. The molecule has 0 bridgehead atoms. The highest BCUT2D eigenvalue weighted by Gasteiger charge is 2.36. The van der Waals surface area contributed by atoms with E-state index in [1.165, 1.54) is 0 Å². The van der Waals surface area contributed by atoms with Gasteiger partial charge in [-0.15, -0.1) is 10.2 Å². The summed E-state index contributed by atoms with van der Waals surface area (Å²) in [6.45, 7) is 2.10. The molecule has 1 unspecified atom stereocenters. The molecule has 3 aromatic rings. The topological polar surface area (TPSA) is 91.0 Å². The van der Waals surface area contributed by atoms with Crippen molar-refractivity contribution >= 4 is 17.5 Å². The molecule has 0 aliphatic carbocycles. The smallest absolute Gasteiger partial charge is 0.261 e. The zero-order valence-corrected chi connectivity index (χ0v) is 16.5. The minimum absolute atomic E-state index is 0.0150. The zero-order chi connectivity index (χ0) is 20.7. The van der Waals surface area contributed by atoms with E-state index in [9.17, 15) is 14.7 Å². The number of rotatable bonds is 5. The van der Waals surface area contributed by atoms with Crippen LogP contribution in [0, 0.1) is 0 Å². The molecule has 0 radical (unpaired) electrons. The highest BCUT2D eigenvalue weighted by Crippen LogP contribution is 2.27. The van der Waals surface area contributed by atoms with E-state index in [0.29, 0.717) is 23.6 Å². The number of aromatic nitrogens is 3. The fourth-order valence-electron chi connectivity index (χ4n) is 4.48. The second-order valence-corrected chi connectivity index (χ2v) is 7.98. The number of carbonyl (C=O) groups is 2. The van der Waals surface area contributed by atoms with Crippen molar-refractivity contribution in [2.75, 3.05) is 26.2 Å². The van der Waals surface area contributed by atoms with Gasteiger partial charge in [0.05, 0.1) is 23.8 Å². The van der Waals surface area contributed by atoms with Gasteiger partial charge >= 0.3 is 0 Å². The van der Waals surface area contributed by atoms with Crippen LogP contribution in [-0.2, 0) is 0 Å². The monoisotopic (exact) mass is 405 g/mol. The molecule has 1 saturated heterocycles. The summed E-state index contributed by atoms with van der Waals surface area (Å²) in [7, 11) is 0. The molecule has 2 amide bonds. The molecule has 0 spiro atoms. The van der Waals surface area contributed by atoms with E-state index in [1.54, 1.807) is 24.3 Å². The quantitative estimate of drug-likeness (QED) is 0.648. The Labute approximate surface area is 173 Å². The molecule has 2 aliphatic rings. The third-order valence-corrected chi connectivity index (χ3v) is 6.03.